The van der Waals surface area contributed by atoms with Gasteiger partial charge in [0.1, 0.15) is 0 Å². The Morgan fingerprint density at radius 2 is 1.83 bits per heavy atom. The van der Waals surface area contributed by atoms with Crippen molar-refractivity contribution in [3.8, 4) is 0 Å². The molecule has 1 aliphatic carbocycles. The molecule has 0 radical (unpaired) electrons. The van der Waals surface area contributed by atoms with E-state index in [2.05, 4.69) is 70.2 Å². The first kappa shape index (κ1) is 28.4. The summed E-state index contributed by atoms with van der Waals surface area (Å²) in [4.78, 5) is 0. The topological polar surface area (TPSA) is 0 Å². The number of hydrogen-bond donors (Lipinski definition) is 0. The Hall–Kier alpha value is 0.631. The van der Waals surface area contributed by atoms with Crippen molar-refractivity contribution >= 4 is 14.7 Å². The van der Waals surface area contributed by atoms with Crippen molar-refractivity contribution in [2.75, 3.05) is 0 Å². The first-order valence-corrected chi connectivity index (χ1v) is 8.98. The van der Waals surface area contributed by atoms with Gasteiger partial charge in [0.15, 0.2) is 0 Å². The molecular weight excluding hydrogens is 399 g/mol. The van der Waals surface area contributed by atoms with Crippen LogP contribution in [0.3, 0.4) is 0 Å². The number of hydrogen-bond acceptors (Lipinski definition) is 0. The first-order valence-electron chi connectivity index (χ1n) is 7.56. The third-order valence-electron chi connectivity index (χ3n) is 4.23. The predicted molar refractivity (Wildman–Crippen MR) is 89.4 cm³/mol. The Balaban J connectivity index is -0.000001000. The molecule has 0 nitrogen and oxygen atoms in total. The summed E-state index contributed by atoms with van der Waals surface area (Å²) in [5.41, 5.74) is 1.87. The van der Waals surface area contributed by atoms with Gasteiger partial charge in [0, 0.05) is 9.52 Å². The summed E-state index contributed by atoms with van der Waals surface area (Å²) < 4.78 is 0. The van der Waals surface area contributed by atoms with Gasteiger partial charge in [0.25, 0.3) is 0 Å². The molecule has 23 heavy (non-hydrogen) atoms. The fourth-order valence-electron chi connectivity index (χ4n) is 3.33. The van der Waals surface area contributed by atoms with Gasteiger partial charge in [-0.25, -0.2) is 12.1 Å². The maximum Gasteiger partial charge on any atom is 4.00 e. The van der Waals surface area contributed by atoms with E-state index in [1.165, 1.54) is 19.3 Å². The minimum absolute atomic E-state index is 0. The summed E-state index contributed by atoms with van der Waals surface area (Å²) >= 11 is 0. The molecule has 0 aromatic heterocycles. The molecule has 2 rings (SSSR count). The van der Waals surface area contributed by atoms with Crippen LogP contribution in [-0.2, 0) is 27.1 Å². The van der Waals surface area contributed by atoms with Gasteiger partial charge in [0.2, 0.25) is 0 Å². The van der Waals surface area contributed by atoms with Crippen LogP contribution in [0.25, 0.3) is 0 Å². The molecule has 0 amide bonds. The van der Waals surface area contributed by atoms with Gasteiger partial charge in [-0.1, -0.05) is 58.4 Å². The van der Waals surface area contributed by atoms with Crippen molar-refractivity contribution < 1.29 is 58.9 Å². The molecule has 0 fully saturated rings. The van der Waals surface area contributed by atoms with E-state index in [1.807, 2.05) is 0 Å². The van der Waals surface area contributed by atoms with Crippen LogP contribution in [0.5, 0.6) is 0 Å². The zero-order chi connectivity index (χ0) is 13.9. The van der Waals surface area contributed by atoms with Crippen molar-refractivity contribution in [1.29, 1.82) is 0 Å². The smallest absolute Gasteiger partial charge is 1.00 e. The molecule has 0 heterocycles. The summed E-state index contributed by atoms with van der Waals surface area (Å²) in [5.74, 6) is 0. The second kappa shape index (κ2) is 12.1. The van der Waals surface area contributed by atoms with E-state index in [0.29, 0.717) is 5.04 Å². The summed E-state index contributed by atoms with van der Waals surface area (Å²) in [6, 6.07) is 6.98. The van der Waals surface area contributed by atoms with E-state index in [1.54, 1.807) is 10.8 Å². The largest absolute Gasteiger partial charge is 4.00 e. The number of halogens is 3. The van der Waals surface area contributed by atoms with E-state index in [4.69, 9.17) is 0 Å². The maximum atomic E-state index is 2.50. The third kappa shape index (κ3) is 7.59. The molecule has 0 aliphatic heterocycles. The standard InChI is InChI=1S/C18H27Si.3ClH.Ti/c1-5-12-18(13-7-6-8-14-18)19-16-11-9-10-15(16)17(2,3)4;;;;/h6-11,13H,5,12,14,19H2,1-4H3;3*1H;/q-1;;;;+4/p-3. The predicted octanol–water partition coefficient (Wildman–Crippen LogP) is -5.02. The molecule has 0 N–H and O–H groups in total. The zero-order valence-electron chi connectivity index (χ0n) is 14.5. The molecule has 0 bridgehead atoms. The maximum absolute atomic E-state index is 2.50. The zero-order valence-corrected chi connectivity index (χ0v) is 19.7. The van der Waals surface area contributed by atoms with Crippen LogP contribution in [0.15, 0.2) is 42.5 Å². The van der Waals surface area contributed by atoms with E-state index in [0.717, 1.165) is 0 Å². The number of rotatable bonds is 4. The fourth-order valence-corrected chi connectivity index (χ4v) is 6.28. The molecule has 0 saturated carbocycles. The van der Waals surface area contributed by atoms with Crippen LogP contribution in [-0.4, -0.2) is 9.52 Å². The van der Waals surface area contributed by atoms with Gasteiger partial charge in [0.05, 0.1) is 0 Å². The van der Waals surface area contributed by atoms with Gasteiger partial charge < -0.3 is 37.2 Å². The molecule has 0 saturated heterocycles. The van der Waals surface area contributed by atoms with Crippen molar-refractivity contribution in [2.45, 2.75) is 57.4 Å². The molecule has 1 aliphatic rings. The van der Waals surface area contributed by atoms with Gasteiger partial charge >= 0.3 is 21.7 Å². The minimum Gasteiger partial charge on any atom is -1.00 e. The van der Waals surface area contributed by atoms with Crippen LogP contribution in [0, 0.1) is 0 Å². The molecule has 1 aromatic carbocycles. The van der Waals surface area contributed by atoms with Crippen LogP contribution in [0.2, 0.25) is 5.04 Å². The molecule has 5 heteroatoms. The number of allylic oxidation sites excluding steroid dienone is 4. The van der Waals surface area contributed by atoms with Crippen molar-refractivity contribution in [3.63, 3.8) is 0 Å². The van der Waals surface area contributed by atoms with Crippen LogP contribution in [0.1, 0.15) is 52.5 Å². The van der Waals surface area contributed by atoms with Crippen molar-refractivity contribution in [1.82, 2.24) is 0 Å². The monoisotopic (exact) mass is 424 g/mol. The fraction of sp³-hybridized carbons (Fsp3) is 0.500. The second-order valence-corrected chi connectivity index (χ2v) is 9.52. The molecule has 1 unspecified atom stereocenters. The Morgan fingerprint density at radius 3 is 2.30 bits per heavy atom. The Labute approximate surface area is 178 Å². The Morgan fingerprint density at radius 1 is 1.17 bits per heavy atom. The Kier molecular flexibility index (Phi) is 14.9. The molecule has 1 atom stereocenters. The van der Waals surface area contributed by atoms with Crippen LogP contribution in [0.4, 0.5) is 0 Å². The van der Waals surface area contributed by atoms with Gasteiger partial charge in [-0.2, -0.15) is 16.8 Å². The van der Waals surface area contributed by atoms with E-state index >= 15 is 0 Å². The Bertz CT molecular complexity index is 489. The van der Waals surface area contributed by atoms with E-state index < -0.39 is 0 Å². The SMILES string of the molecule is CCCC1([SiH2][c-]2cccc2C(C)(C)C)C=CC=CC1.[Cl-].[Cl-].[Cl-].[Ti+4]. The van der Waals surface area contributed by atoms with E-state index in [-0.39, 0.29) is 73.9 Å². The summed E-state index contributed by atoms with van der Waals surface area (Å²) in [6.45, 7) is 9.33. The first-order chi connectivity index (χ1) is 8.97. The minimum atomic E-state index is -0.280. The molecule has 1 aromatic rings. The van der Waals surface area contributed by atoms with Crippen molar-refractivity contribution in [2.24, 2.45) is 0 Å². The van der Waals surface area contributed by atoms with Gasteiger partial charge in [-0.3, -0.25) is 0 Å². The average Bonchev–Trinajstić information content (AvgIpc) is 2.78. The third-order valence-corrected chi connectivity index (χ3v) is 6.81. The van der Waals surface area contributed by atoms with Gasteiger partial charge in [-0.15, -0.1) is 0 Å². The summed E-state index contributed by atoms with van der Waals surface area (Å²) in [5, 5.41) is 2.17. The van der Waals surface area contributed by atoms with Crippen LogP contribution >= 0.6 is 0 Å². The van der Waals surface area contributed by atoms with Gasteiger partial charge in [-0.05, 0) is 23.3 Å². The second-order valence-electron chi connectivity index (χ2n) is 7.00. The molecular formula is C18H27Cl3SiTi. The van der Waals surface area contributed by atoms with Crippen LogP contribution < -0.4 is 42.4 Å². The quantitative estimate of drug-likeness (QED) is 0.335. The molecule has 0 spiro atoms. The van der Waals surface area contributed by atoms with Crippen molar-refractivity contribution in [3.05, 3.63) is 48.1 Å². The summed E-state index contributed by atoms with van der Waals surface area (Å²) in [7, 11) is -0.280. The molecule has 128 valence electrons. The normalized spacial score (nSPS) is 19.5. The average molecular weight is 426 g/mol. The summed E-state index contributed by atoms with van der Waals surface area (Å²) in [6.07, 6.45) is 13.2. The van der Waals surface area contributed by atoms with E-state index in [9.17, 15) is 0 Å².